The summed E-state index contributed by atoms with van der Waals surface area (Å²) in [7, 11) is -1.82. The maximum Gasteiger partial charge on any atom is 0.337 e. The molecule has 2 aromatic rings. The molecule has 0 radical (unpaired) electrons. The number of methoxy groups -OCH3 is 1. The molecule has 0 spiro atoms. The van der Waals surface area contributed by atoms with Gasteiger partial charge in [0.1, 0.15) is 0 Å². The average molecular weight is 347 g/mol. The third-order valence-corrected chi connectivity index (χ3v) is 4.92. The monoisotopic (exact) mass is 347 g/mol. The lowest BCUT2D eigenvalue weighted by molar-refractivity contribution is 0.0600. The molecule has 0 aromatic heterocycles. The smallest absolute Gasteiger partial charge is 0.337 e. The summed E-state index contributed by atoms with van der Waals surface area (Å²) in [5.41, 5.74) is 2.57. The largest absolute Gasteiger partial charge is 0.465 e. The fourth-order valence-corrected chi connectivity index (χ4v) is 2.90. The number of ether oxygens (including phenoxy) is 1. The molecule has 0 aliphatic rings. The van der Waals surface area contributed by atoms with Crippen molar-refractivity contribution in [2.75, 3.05) is 13.4 Å². The van der Waals surface area contributed by atoms with Gasteiger partial charge in [0.25, 0.3) is 0 Å². The van der Waals surface area contributed by atoms with Gasteiger partial charge in [-0.05, 0) is 42.3 Å². The number of rotatable bonds is 6. The highest BCUT2D eigenvalue weighted by molar-refractivity contribution is 7.90. The summed E-state index contributed by atoms with van der Waals surface area (Å²) in [5, 5.41) is 3.37. The average Bonchev–Trinajstić information content (AvgIpc) is 2.58. The Morgan fingerprint density at radius 3 is 2.17 bits per heavy atom. The summed E-state index contributed by atoms with van der Waals surface area (Å²) in [6.45, 7) is 2.65. The van der Waals surface area contributed by atoms with Gasteiger partial charge in [-0.25, -0.2) is 13.2 Å². The number of benzene rings is 2. The number of hydrogen-bond acceptors (Lipinski definition) is 5. The second-order valence-corrected chi connectivity index (χ2v) is 7.65. The Hall–Kier alpha value is -2.18. The normalized spacial score (nSPS) is 12.6. The zero-order chi connectivity index (χ0) is 17.7. The second-order valence-electron chi connectivity index (χ2n) is 5.63. The van der Waals surface area contributed by atoms with Gasteiger partial charge in [0.2, 0.25) is 0 Å². The molecule has 24 heavy (non-hydrogen) atoms. The number of nitrogens with one attached hydrogen (secondary N) is 1. The van der Waals surface area contributed by atoms with E-state index in [1.54, 1.807) is 24.3 Å². The first-order chi connectivity index (χ1) is 11.3. The Bertz CT molecular complexity index is 796. The minimum absolute atomic E-state index is 0.0684. The summed E-state index contributed by atoms with van der Waals surface area (Å²) in [4.78, 5) is 11.7. The molecule has 6 heteroatoms. The highest BCUT2D eigenvalue weighted by Gasteiger charge is 2.10. The zero-order valence-corrected chi connectivity index (χ0v) is 14.8. The second kappa shape index (κ2) is 7.59. The van der Waals surface area contributed by atoms with E-state index in [4.69, 9.17) is 0 Å². The molecular formula is C18H21NO4S. The Morgan fingerprint density at radius 1 is 1.08 bits per heavy atom. The Labute approximate surface area is 142 Å². The molecule has 0 heterocycles. The van der Waals surface area contributed by atoms with Crippen LogP contribution in [0.25, 0.3) is 0 Å². The first kappa shape index (κ1) is 18.2. The van der Waals surface area contributed by atoms with Crippen LogP contribution in [0, 0.1) is 0 Å². The van der Waals surface area contributed by atoms with Gasteiger partial charge in [0, 0.05) is 18.8 Å². The first-order valence-corrected chi connectivity index (χ1v) is 9.41. The van der Waals surface area contributed by atoms with E-state index in [9.17, 15) is 13.2 Å². The van der Waals surface area contributed by atoms with Crippen molar-refractivity contribution >= 4 is 15.8 Å². The van der Waals surface area contributed by atoms with E-state index in [0.717, 1.165) is 11.1 Å². The fourth-order valence-electron chi connectivity index (χ4n) is 2.27. The predicted molar refractivity (Wildman–Crippen MR) is 92.6 cm³/mol. The number of hydrogen-bond donors (Lipinski definition) is 1. The van der Waals surface area contributed by atoms with Crippen LogP contribution in [0.15, 0.2) is 53.4 Å². The molecular weight excluding hydrogens is 326 g/mol. The van der Waals surface area contributed by atoms with Crippen LogP contribution in [0.5, 0.6) is 0 Å². The van der Waals surface area contributed by atoms with Crippen LogP contribution >= 0.6 is 0 Å². The van der Waals surface area contributed by atoms with E-state index in [-0.39, 0.29) is 12.0 Å². The van der Waals surface area contributed by atoms with E-state index in [0.29, 0.717) is 17.0 Å². The molecule has 0 aliphatic heterocycles. The van der Waals surface area contributed by atoms with Crippen molar-refractivity contribution in [1.82, 2.24) is 5.32 Å². The minimum atomic E-state index is -3.17. The summed E-state index contributed by atoms with van der Waals surface area (Å²) in [6.07, 6.45) is 1.20. The predicted octanol–water partition coefficient (Wildman–Crippen LogP) is 2.73. The van der Waals surface area contributed by atoms with E-state index in [2.05, 4.69) is 10.1 Å². The molecule has 0 amide bonds. The van der Waals surface area contributed by atoms with Crippen molar-refractivity contribution in [3.05, 3.63) is 65.2 Å². The van der Waals surface area contributed by atoms with Crippen LogP contribution in [0.1, 0.15) is 34.5 Å². The number of carbonyl (C=O) groups excluding carboxylic acids is 1. The van der Waals surface area contributed by atoms with Gasteiger partial charge < -0.3 is 10.1 Å². The standard InChI is InChI=1S/C18H21NO4S/c1-13(15-8-10-17(11-9-15)24(3,21)22)19-12-14-4-6-16(7-5-14)18(20)23-2/h4-11,13,19H,12H2,1-3H3/t13-/m0/s1. The van der Waals surface area contributed by atoms with Crippen molar-refractivity contribution in [2.45, 2.75) is 24.4 Å². The maximum atomic E-state index is 11.5. The molecule has 0 bridgehead atoms. The Balaban J connectivity index is 1.97. The third-order valence-electron chi connectivity index (χ3n) is 3.80. The zero-order valence-electron chi connectivity index (χ0n) is 13.9. The molecule has 2 rings (SSSR count). The highest BCUT2D eigenvalue weighted by Crippen LogP contribution is 2.17. The maximum absolute atomic E-state index is 11.5. The molecule has 1 atom stereocenters. The van der Waals surface area contributed by atoms with Crippen molar-refractivity contribution in [3.63, 3.8) is 0 Å². The van der Waals surface area contributed by atoms with E-state index >= 15 is 0 Å². The van der Waals surface area contributed by atoms with E-state index in [1.165, 1.54) is 13.4 Å². The van der Waals surface area contributed by atoms with E-state index in [1.807, 2.05) is 31.2 Å². The summed E-state index contributed by atoms with van der Waals surface area (Å²) in [5.74, 6) is -0.353. The molecule has 0 saturated heterocycles. The van der Waals surface area contributed by atoms with Gasteiger partial charge in [0.05, 0.1) is 17.6 Å². The topological polar surface area (TPSA) is 72.5 Å². The van der Waals surface area contributed by atoms with Crippen molar-refractivity contribution in [3.8, 4) is 0 Å². The van der Waals surface area contributed by atoms with Crippen LogP contribution in [0.3, 0.4) is 0 Å². The highest BCUT2D eigenvalue weighted by atomic mass is 32.2. The molecule has 0 saturated carbocycles. The molecule has 5 nitrogen and oxygen atoms in total. The lowest BCUT2D eigenvalue weighted by Crippen LogP contribution is -2.18. The van der Waals surface area contributed by atoms with Gasteiger partial charge >= 0.3 is 5.97 Å². The Kier molecular flexibility index (Phi) is 5.75. The van der Waals surface area contributed by atoms with Gasteiger partial charge in [-0.15, -0.1) is 0 Å². The quantitative estimate of drug-likeness (QED) is 0.814. The summed E-state index contributed by atoms with van der Waals surface area (Å²) in [6, 6.07) is 14.1. The lowest BCUT2D eigenvalue weighted by Gasteiger charge is -2.15. The molecule has 2 aromatic carbocycles. The fraction of sp³-hybridized carbons (Fsp3) is 0.278. The van der Waals surface area contributed by atoms with E-state index < -0.39 is 9.84 Å². The Morgan fingerprint density at radius 2 is 1.67 bits per heavy atom. The molecule has 1 N–H and O–H groups in total. The SMILES string of the molecule is COC(=O)c1ccc(CN[C@@H](C)c2ccc(S(C)(=O)=O)cc2)cc1. The van der Waals surface area contributed by atoms with Gasteiger partial charge in [-0.2, -0.15) is 0 Å². The van der Waals surface area contributed by atoms with Gasteiger partial charge in [-0.3, -0.25) is 0 Å². The molecule has 0 unspecified atom stereocenters. The van der Waals surface area contributed by atoms with Crippen LogP contribution in [0.2, 0.25) is 0 Å². The van der Waals surface area contributed by atoms with Crippen LogP contribution < -0.4 is 5.32 Å². The minimum Gasteiger partial charge on any atom is -0.465 e. The van der Waals surface area contributed by atoms with Crippen molar-refractivity contribution in [1.29, 1.82) is 0 Å². The van der Waals surface area contributed by atoms with Crippen molar-refractivity contribution in [2.24, 2.45) is 0 Å². The first-order valence-electron chi connectivity index (χ1n) is 7.52. The number of sulfone groups is 1. The molecule has 0 aliphatic carbocycles. The third kappa shape index (κ3) is 4.66. The van der Waals surface area contributed by atoms with Gasteiger partial charge in [0.15, 0.2) is 9.84 Å². The van der Waals surface area contributed by atoms with Crippen LogP contribution in [0.4, 0.5) is 0 Å². The molecule has 128 valence electrons. The summed E-state index contributed by atoms with van der Waals surface area (Å²) >= 11 is 0. The summed E-state index contributed by atoms with van der Waals surface area (Å²) < 4.78 is 27.6. The number of carbonyl (C=O) groups is 1. The lowest BCUT2D eigenvalue weighted by atomic mass is 10.1. The van der Waals surface area contributed by atoms with Gasteiger partial charge in [-0.1, -0.05) is 24.3 Å². The van der Waals surface area contributed by atoms with Crippen molar-refractivity contribution < 1.29 is 17.9 Å². The molecule has 0 fully saturated rings. The van der Waals surface area contributed by atoms with Crippen LogP contribution in [-0.2, 0) is 21.1 Å². The number of esters is 1. The van der Waals surface area contributed by atoms with Crippen LogP contribution in [-0.4, -0.2) is 27.8 Å².